The van der Waals surface area contributed by atoms with E-state index in [1.54, 1.807) is 11.0 Å². The molecule has 0 aromatic carbocycles. The first-order valence-corrected chi connectivity index (χ1v) is 8.86. The Hall–Kier alpha value is -2.26. The lowest BCUT2D eigenvalue weighted by atomic mass is 10.2. The van der Waals surface area contributed by atoms with Crippen LogP contribution in [-0.2, 0) is 18.3 Å². The SMILES string of the molecule is Cn1nc(Br)c2c(NCc3ccnc(N4CCOCC4)c3)ncnc21. The summed E-state index contributed by atoms with van der Waals surface area (Å²) in [5.74, 6) is 1.74. The first kappa shape index (κ1) is 16.2. The van der Waals surface area contributed by atoms with Crippen molar-refractivity contribution < 1.29 is 4.74 Å². The van der Waals surface area contributed by atoms with Gasteiger partial charge in [0.25, 0.3) is 0 Å². The van der Waals surface area contributed by atoms with Gasteiger partial charge in [0.1, 0.15) is 22.6 Å². The van der Waals surface area contributed by atoms with Crippen molar-refractivity contribution in [2.24, 2.45) is 7.05 Å². The third kappa shape index (κ3) is 3.29. The van der Waals surface area contributed by atoms with Gasteiger partial charge in [-0.3, -0.25) is 0 Å². The number of nitrogens with one attached hydrogen (secondary N) is 1. The van der Waals surface area contributed by atoms with E-state index >= 15 is 0 Å². The van der Waals surface area contributed by atoms with Gasteiger partial charge in [0.05, 0.1) is 18.6 Å². The highest BCUT2D eigenvalue weighted by Crippen LogP contribution is 2.27. The number of pyridine rings is 1. The second-order valence-electron chi connectivity index (χ2n) is 5.81. The van der Waals surface area contributed by atoms with Gasteiger partial charge in [0.2, 0.25) is 0 Å². The zero-order valence-electron chi connectivity index (χ0n) is 13.8. The van der Waals surface area contributed by atoms with Crippen molar-refractivity contribution in [3.63, 3.8) is 0 Å². The standard InChI is InChI=1S/C16H18BrN7O/c1-23-16-13(14(17)22-23)15(20-10-21-16)19-9-11-2-3-18-12(8-11)24-4-6-25-7-5-24/h2-3,8,10H,4-7,9H2,1H3,(H,19,20,21). The highest BCUT2D eigenvalue weighted by Gasteiger charge is 2.14. The molecule has 130 valence electrons. The number of hydrogen-bond donors (Lipinski definition) is 1. The van der Waals surface area contributed by atoms with Gasteiger partial charge in [0.15, 0.2) is 5.65 Å². The lowest BCUT2D eigenvalue weighted by molar-refractivity contribution is 0.122. The molecule has 1 fully saturated rings. The summed E-state index contributed by atoms with van der Waals surface area (Å²) in [6.07, 6.45) is 3.39. The van der Waals surface area contributed by atoms with Crippen LogP contribution in [0.5, 0.6) is 0 Å². The van der Waals surface area contributed by atoms with Crippen molar-refractivity contribution in [3.05, 3.63) is 34.8 Å². The summed E-state index contributed by atoms with van der Waals surface area (Å²) in [7, 11) is 1.86. The van der Waals surface area contributed by atoms with E-state index in [0.29, 0.717) is 6.54 Å². The predicted molar refractivity (Wildman–Crippen MR) is 98.6 cm³/mol. The van der Waals surface area contributed by atoms with Crippen molar-refractivity contribution >= 4 is 38.6 Å². The van der Waals surface area contributed by atoms with E-state index in [2.05, 4.69) is 52.3 Å². The molecule has 0 unspecified atom stereocenters. The van der Waals surface area contributed by atoms with E-state index in [-0.39, 0.29) is 0 Å². The Morgan fingerprint density at radius 3 is 2.92 bits per heavy atom. The monoisotopic (exact) mass is 403 g/mol. The predicted octanol–water partition coefficient (Wildman–Crippen LogP) is 1.97. The Kier molecular flexibility index (Phi) is 4.50. The molecular formula is C16H18BrN7O. The average molecular weight is 404 g/mol. The van der Waals surface area contributed by atoms with E-state index in [1.807, 2.05) is 19.3 Å². The minimum atomic E-state index is 0.646. The van der Waals surface area contributed by atoms with Gasteiger partial charge < -0.3 is 15.0 Å². The molecule has 9 heteroatoms. The lowest BCUT2D eigenvalue weighted by Gasteiger charge is -2.28. The second-order valence-corrected chi connectivity index (χ2v) is 6.56. The van der Waals surface area contributed by atoms with Crippen molar-refractivity contribution in [3.8, 4) is 0 Å². The van der Waals surface area contributed by atoms with E-state index in [4.69, 9.17) is 4.74 Å². The Bertz CT molecular complexity index is 891. The molecule has 1 aliphatic rings. The number of anilines is 2. The normalized spacial score (nSPS) is 14.9. The molecule has 1 saturated heterocycles. The zero-order chi connectivity index (χ0) is 17.2. The van der Waals surface area contributed by atoms with Crippen LogP contribution in [0.1, 0.15) is 5.56 Å². The molecular weight excluding hydrogens is 386 g/mol. The summed E-state index contributed by atoms with van der Waals surface area (Å²) in [5.41, 5.74) is 1.93. The van der Waals surface area contributed by atoms with Crippen LogP contribution in [-0.4, -0.2) is 51.0 Å². The zero-order valence-corrected chi connectivity index (χ0v) is 15.4. The highest BCUT2D eigenvalue weighted by atomic mass is 79.9. The Labute approximate surface area is 153 Å². The van der Waals surface area contributed by atoms with Crippen LogP contribution in [0.4, 0.5) is 11.6 Å². The van der Waals surface area contributed by atoms with E-state index in [1.165, 1.54) is 0 Å². The fraction of sp³-hybridized carbons (Fsp3) is 0.375. The molecule has 4 heterocycles. The number of rotatable bonds is 4. The molecule has 0 bridgehead atoms. The number of aryl methyl sites for hydroxylation is 1. The highest BCUT2D eigenvalue weighted by molar-refractivity contribution is 9.10. The van der Waals surface area contributed by atoms with Crippen LogP contribution in [0, 0.1) is 0 Å². The Balaban J connectivity index is 1.54. The number of aromatic nitrogens is 5. The molecule has 0 radical (unpaired) electrons. The van der Waals surface area contributed by atoms with Gasteiger partial charge in [-0.25, -0.2) is 19.6 Å². The molecule has 1 aliphatic heterocycles. The Morgan fingerprint density at radius 2 is 2.08 bits per heavy atom. The van der Waals surface area contributed by atoms with Crippen molar-refractivity contribution in [1.29, 1.82) is 0 Å². The van der Waals surface area contributed by atoms with E-state index in [9.17, 15) is 0 Å². The third-order valence-corrected chi connectivity index (χ3v) is 4.74. The minimum absolute atomic E-state index is 0.646. The number of nitrogens with zero attached hydrogens (tertiary/aromatic N) is 6. The smallest absolute Gasteiger partial charge is 0.164 e. The maximum absolute atomic E-state index is 5.40. The van der Waals surface area contributed by atoms with Crippen molar-refractivity contribution in [2.45, 2.75) is 6.54 Å². The lowest BCUT2D eigenvalue weighted by Crippen LogP contribution is -2.36. The summed E-state index contributed by atoms with van der Waals surface area (Å²) in [6, 6.07) is 4.11. The maximum atomic E-state index is 5.40. The number of morpholine rings is 1. The number of hydrogen-bond acceptors (Lipinski definition) is 7. The van der Waals surface area contributed by atoms with Crippen molar-refractivity contribution in [2.75, 3.05) is 36.5 Å². The van der Waals surface area contributed by atoms with E-state index < -0.39 is 0 Å². The van der Waals surface area contributed by atoms with Crippen molar-refractivity contribution in [1.82, 2.24) is 24.7 Å². The summed E-state index contributed by atoms with van der Waals surface area (Å²) in [4.78, 5) is 15.4. The van der Waals surface area contributed by atoms with Crippen LogP contribution in [0.15, 0.2) is 29.3 Å². The third-order valence-electron chi connectivity index (χ3n) is 4.18. The minimum Gasteiger partial charge on any atom is -0.378 e. The van der Waals surface area contributed by atoms with Crippen LogP contribution < -0.4 is 10.2 Å². The van der Waals surface area contributed by atoms with Gasteiger partial charge in [-0.05, 0) is 33.6 Å². The topological polar surface area (TPSA) is 81.0 Å². The molecule has 0 spiro atoms. The summed E-state index contributed by atoms with van der Waals surface area (Å²) in [5, 5.41) is 8.61. The van der Waals surface area contributed by atoms with Gasteiger partial charge in [-0.1, -0.05) is 0 Å². The summed E-state index contributed by atoms with van der Waals surface area (Å²) >= 11 is 3.48. The average Bonchev–Trinajstić information content (AvgIpc) is 2.96. The maximum Gasteiger partial charge on any atom is 0.164 e. The molecule has 3 aromatic heterocycles. The second kappa shape index (κ2) is 6.93. The number of halogens is 1. The first-order chi connectivity index (χ1) is 12.2. The molecule has 1 N–H and O–H groups in total. The van der Waals surface area contributed by atoms with Crippen LogP contribution in [0.25, 0.3) is 11.0 Å². The largest absolute Gasteiger partial charge is 0.378 e. The number of fused-ring (bicyclic) bond motifs is 1. The van der Waals surface area contributed by atoms with Gasteiger partial charge in [-0.15, -0.1) is 0 Å². The molecule has 25 heavy (non-hydrogen) atoms. The fourth-order valence-corrected chi connectivity index (χ4v) is 3.50. The quantitative estimate of drug-likeness (QED) is 0.712. The van der Waals surface area contributed by atoms with Crippen LogP contribution in [0.2, 0.25) is 0 Å². The van der Waals surface area contributed by atoms with E-state index in [0.717, 1.165) is 59.1 Å². The molecule has 0 amide bonds. The summed E-state index contributed by atoms with van der Waals surface area (Å²) < 4.78 is 7.87. The van der Waals surface area contributed by atoms with Crippen LogP contribution in [0.3, 0.4) is 0 Å². The summed E-state index contributed by atoms with van der Waals surface area (Å²) in [6.45, 7) is 3.89. The fourth-order valence-electron chi connectivity index (χ4n) is 2.90. The van der Waals surface area contributed by atoms with Gasteiger partial charge >= 0.3 is 0 Å². The molecule has 4 rings (SSSR count). The van der Waals surface area contributed by atoms with Crippen LogP contribution >= 0.6 is 15.9 Å². The molecule has 0 saturated carbocycles. The first-order valence-electron chi connectivity index (χ1n) is 8.07. The molecule has 3 aromatic rings. The molecule has 8 nitrogen and oxygen atoms in total. The van der Waals surface area contributed by atoms with Gasteiger partial charge in [0, 0.05) is 32.9 Å². The number of ether oxygens (including phenoxy) is 1. The Morgan fingerprint density at radius 1 is 1.24 bits per heavy atom. The molecule has 0 aliphatic carbocycles. The molecule has 0 atom stereocenters. The van der Waals surface area contributed by atoms with Gasteiger partial charge in [-0.2, -0.15) is 5.10 Å².